The van der Waals surface area contributed by atoms with Crippen molar-refractivity contribution in [1.29, 1.82) is 0 Å². The Hall–Kier alpha value is -1.07. The predicted molar refractivity (Wildman–Crippen MR) is 73.7 cm³/mol. The average Bonchev–Trinajstić information content (AvgIpc) is 3.07. The maximum atomic E-state index is 11.8. The standard InChI is InChI=1S/C12H15ClN2O2S/c13-10-4-1-8(5-11(10)14)6-18(17)7-12(16)15-9-2-3-9/h1,4-5,9H,2-3,6-7,14H2,(H,15,16). The summed E-state index contributed by atoms with van der Waals surface area (Å²) in [6.45, 7) is 0. The molecule has 0 aliphatic heterocycles. The van der Waals surface area contributed by atoms with E-state index < -0.39 is 10.8 Å². The largest absolute Gasteiger partial charge is 0.398 e. The quantitative estimate of drug-likeness (QED) is 0.805. The van der Waals surface area contributed by atoms with Crippen molar-refractivity contribution in [3.63, 3.8) is 0 Å². The van der Waals surface area contributed by atoms with Crippen molar-refractivity contribution in [3.8, 4) is 0 Å². The van der Waals surface area contributed by atoms with Crippen molar-refractivity contribution >= 4 is 34.0 Å². The molecule has 0 radical (unpaired) electrons. The van der Waals surface area contributed by atoms with Crippen molar-refractivity contribution in [2.45, 2.75) is 24.6 Å². The fourth-order valence-corrected chi connectivity index (χ4v) is 2.71. The molecule has 6 heteroatoms. The van der Waals surface area contributed by atoms with Crippen LogP contribution in [0.1, 0.15) is 18.4 Å². The van der Waals surface area contributed by atoms with Crippen LogP contribution in [0.2, 0.25) is 5.02 Å². The number of nitrogens with two attached hydrogens (primary N) is 1. The molecule has 2 rings (SSSR count). The zero-order valence-electron chi connectivity index (χ0n) is 9.82. The molecular formula is C12H15ClN2O2S. The number of carbonyl (C=O) groups is 1. The second-order valence-electron chi connectivity index (χ2n) is 4.43. The van der Waals surface area contributed by atoms with Gasteiger partial charge in [0.25, 0.3) is 0 Å². The van der Waals surface area contributed by atoms with Crippen LogP contribution in [0.15, 0.2) is 18.2 Å². The lowest BCUT2D eigenvalue weighted by molar-refractivity contribution is -0.118. The van der Waals surface area contributed by atoms with Crippen LogP contribution in [0.5, 0.6) is 0 Å². The lowest BCUT2D eigenvalue weighted by atomic mass is 10.2. The van der Waals surface area contributed by atoms with Gasteiger partial charge in [0.05, 0.1) is 10.7 Å². The summed E-state index contributed by atoms with van der Waals surface area (Å²) in [5.41, 5.74) is 6.96. The normalized spacial score (nSPS) is 16.3. The van der Waals surface area contributed by atoms with Crippen LogP contribution in [-0.2, 0) is 21.3 Å². The van der Waals surface area contributed by atoms with Crippen molar-refractivity contribution in [3.05, 3.63) is 28.8 Å². The molecule has 0 saturated heterocycles. The van der Waals surface area contributed by atoms with Crippen molar-refractivity contribution < 1.29 is 9.00 Å². The lowest BCUT2D eigenvalue weighted by Gasteiger charge is -2.05. The molecule has 1 aliphatic rings. The van der Waals surface area contributed by atoms with Crippen molar-refractivity contribution in [2.75, 3.05) is 11.5 Å². The minimum atomic E-state index is -1.22. The minimum Gasteiger partial charge on any atom is -0.398 e. The third kappa shape index (κ3) is 3.99. The molecule has 0 heterocycles. The number of halogens is 1. The first-order valence-electron chi connectivity index (χ1n) is 5.73. The molecule has 1 atom stereocenters. The maximum absolute atomic E-state index is 11.8. The van der Waals surface area contributed by atoms with Crippen LogP contribution < -0.4 is 11.1 Å². The first-order valence-corrected chi connectivity index (χ1v) is 7.59. The molecule has 0 aromatic heterocycles. The lowest BCUT2D eigenvalue weighted by Crippen LogP contribution is -2.30. The van der Waals surface area contributed by atoms with Gasteiger partial charge in [-0.25, -0.2) is 0 Å². The number of amides is 1. The van der Waals surface area contributed by atoms with Gasteiger partial charge in [-0.3, -0.25) is 9.00 Å². The summed E-state index contributed by atoms with van der Waals surface area (Å²) < 4.78 is 11.8. The number of rotatable bonds is 5. The maximum Gasteiger partial charge on any atom is 0.232 e. The van der Waals surface area contributed by atoms with E-state index in [-0.39, 0.29) is 11.7 Å². The summed E-state index contributed by atoms with van der Waals surface area (Å²) in [6.07, 6.45) is 2.07. The first-order chi connectivity index (χ1) is 8.54. The Morgan fingerprint density at radius 3 is 2.83 bits per heavy atom. The molecule has 1 amide bonds. The Morgan fingerprint density at radius 2 is 2.22 bits per heavy atom. The molecule has 0 bridgehead atoms. The Kier molecular flexibility index (Phi) is 4.24. The Balaban J connectivity index is 1.85. The summed E-state index contributed by atoms with van der Waals surface area (Å²) in [5.74, 6) is 0.219. The minimum absolute atomic E-state index is 0.0407. The Labute approximate surface area is 113 Å². The third-order valence-corrected chi connectivity index (χ3v) is 4.21. The number of carbonyl (C=O) groups excluding carboxylic acids is 1. The first kappa shape index (κ1) is 13.4. The number of nitrogen functional groups attached to an aromatic ring is 1. The van der Waals surface area contributed by atoms with E-state index in [1.807, 2.05) is 0 Å². The van der Waals surface area contributed by atoms with E-state index >= 15 is 0 Å². The van der Waals surface area contributed by atoms with E-state index in [2.05, 4.69) is 5.32 Å². The zero-order chi connectivity index (χ0) is 13.1. The molecule has 98 valence electrons. The smallest absolute Gasteiger partial charge is 0.232 e. The third-order valence-electron chi connectivity index (χ3n) is 2.62. The summed E-state index contributed by atoms with van der Waals surface area (Å²) in [6, 6.07) is 5.45. The molecule has 1 saturated carbocycles. The number of anilines is 1. The highest BCUT2D eigenvalue weighted by Gasteiger charge is 2.23. The van der Waals surface area contributed by atoms with Gasteiger partial charge < -0.3 is 11.1 Å². The van der Waals surface area contributed by atoms with Crippen LogP contribution in [0.4, 0.5) is 5.69 Å². The van der Waals surface area contributed by atoms with Gasteiger partial charge in [0.1, 0.15) is 5.75 Å². The SMILES string of the molecule is Nc1cc(CS(=O)CC(=O)NC2CC2)ccc1Cl. The van der Waals surface area contributed by atoms with E-state index in [0.717, 1.165) is 18.4 Å². The summed E-state index contributed by atoms with van der Waals surface area (Å²) in [5, 5.41) is 3.30. The van der Waals surface area contributed by atoms with Gasteiger partial charge >= 0.3 is 0 Å². The van der Waals surface area contributed by atoms with Crippen molar-refractivity contribution in [1.82, 2.24) is 5.32 Å². The van der Waals surface area contributed by atoms with Gasteiger partial charge in [-0.05, 0) is 30.5 Å². The fraction of sp³-hybridized carbons (Fsp3) is 0.417. The topological polar surface area (TPSA) is 72.2 Å². The van der Waals surface area contributed by atoms with Crippen LogP contribution in [-0.4, -0.2) is 21.9 Å². The monoisotopic (exact) mass is 286 g/mol. The molecule has 0 spiro atoms. The number of hydrogen-bond donors (Lipinski definition) is 2. The summed E-state index contributed by atoms with van der Waals surface area (Å²) in [7, 11) is -1.22. The second kappa shape index (κ2) is 5.71. The van der Waals surface area contributed by atoms with Gasteiger partial charge in [-0.15, -0.1) is 0 Å². The summed E-state index contributed by atoms with van der Waals surface area (Å²) >= 11 is 5.80. The zero-order valence-corrected chi connectivity index (χ0v) is 11.4. The van der Waals surface area contributed by atoms with Gasteiger partial charge in [0, 0.05) is 22.6 Å². The molecular weight excluding hydrogens is 272 g/mol. The van der Waals surface area contributed by atoms with E-state index in [4.69, 9.17) is 17.3 Å². The highest BCUT2D eigenvalue weighted by atomic mass is 35.5. The van der Waals surface area contributed by atoms with Crippen molar-refractivity contribution in [2.24, 2.45) is 0 Å². The van der Waals surface area contributed by atoms with E-state index in [9.17, 15) is 9.00 Å². The van der Waals surface area contributed by atoms with Gasteiger partial charge in [-0.1, -0.05) is 17.7 Å². The van der Waals surface area contributed by atoms with Crippen LogP contribution in [0.25, 0.3) is 0 Å². The molecule has 4 nitrogen and oxygen atoms in total. The molecule has 18 heavy (non-hydrogen) atoms. The number of hydrogen-bond acceptors (Lipinski definition) is 3. The highest BCUT2D eigenvalue weighted by Crippen LogP contribution is 2.20. The Morgan fingerprint density at radius 1 is 1.50 bits per heavy atom. The van der Waals surface area contributed by atoms with E-state index in [1.165, 1.54) is 0 Å². The molecule has 3 N–H and O–H groups in total. The molecule has 1 fully saturated rings. The van der Waals surface area contributed by atoms with Crippen LogP contribution in [0.3, 0.4) is 0 Å². The van der Waals surface area contributed by atoms with Gasteiger partial charge in [-0.2, -0.15) is 0 Å². The predicted octanol–water partition coefficient (Wildman–Crippen LogP) is 1.45. The van der Waals surface area contributed by atoms with E-state index in [0.29, 0.717) is 22.5 Å². The Bertz CT molecular complexity index is 489. The average molecular weight is 287 g/mol. The molecule has 1 unspecified atom stereocenters. The molecule has 1 aliphatic carbocycles. The van der Waals surface area contributed by atoms with Crippen LogP contribution >= 0.6 is 11.6 Å². The highest BCUT2D eigenvalue weighted by molar-refractivity contribution is 7.84. The molecule has 1 aromatic carbocycles. The molecule has 1 aromatic rings. The van der Waals surface area contributed by atoms with Gasteiger partial charge in [0.2, 0.25) is 5.91 Å². The number of benzene rings is 1. The van der Waals surface area contributed by atoms with Gasteiger partial charge in [0.15, 0.2) is 0 Å². The van der Waals surface area contributed by atoms with Crippen LogP contribution in [0, 0.1) is 0 Å². The second-order valence-corrected chi connectivity index (χ2v) is 6.29. The van der Waals surface area contributed by atoms with E-state index in [1.54, 1.807) is 18.2 Å². The number of nitrogens with one attached hydrogen (secondary N) is 1. The fourth-order valence-electron chi connectivity index (χ4n) is 1.56. The summed E-state index contributed by atoms with van der Waals surface area (Å²) in [4.78, 5) is 11.5.